The Morgan fingerprint density at radius 1 is 0.850 bits per heavy atom. The van der Waals surface area contributed by atoms with E-state index in [-0.39, 0.29) is 6.29 Å². The highest BCUT2D eigenvalue weighted by atomic mass is 16.4. The Morgan fingerprint density at radius 2 is 1.20 bits per heavy atom. The van der Waals surface area contributed by atoms with Crippen molar-refractivity contribution >= 4 is 23.6 Å². The summed E-state index contributed by atoms with van der Waals surface area (Å²) in [4.78, 5) is 45.2. The van der Waals surface area contributed by atoms with Crippen molar-refractivity contribution in [3.05, 3.63) is 0 Å². The summed E-state index contributed by atoms with van der Waals surface area (Å²) < 4.78 is 0. The Bertz CT molecular complexity index is 380. The second kappa shape index (κ2) is 6.80. The molecule has 8 nitrogen and oxygen atoms in total. The molecule has 20 heavy (non-hydrogen) atoms. The van der Waals surface area contributed by atoms with Crippen LogP contribution < -0.4 is 0 Å². The highest BCUT2D eigenvalue weighted by Crippen LogP contribution is 2.30. The molecule has 0 aromatic rings. The Morgan fingerprint density at radius 3 is 1.45 bits per heavy atom. The summed E-state index contributed by atoms with van der Waals surface area (Å²) in [5.74, 6) is -3.05. The number of aliphatic hydroxyl groups excluding tert-OH is 4. The number of ketones is 3. The van der Waals surface area contributed by atoms with Gasteiger partial charge in [0.1, 0.15) is 24.4 Å². The summed E-state index contributed by atoms with van der Waals surface area (Å²) in [6, 6.07) is 0. The van der Waals surface area contributed by atoms with Crippen molar-refractivity contribution < 1.29 is 39.6 Å². The number of aldehydes is 1. The fourth-order valence-corrected chi connectivity index (χ4v) is 2.09. The van der Waals surface area contributed by atoms with Gasteiger partial charge in [0, 0.05) is 0 Å². The van der Waals surface area contributed by atoms with Crippen molar-refractivity contribution in [2.75, 3.05) is 0 Å². The second-order valence-corrected chi connectivity index (χ2v) is 4.53. The largest absolute Gasteiger partial charge is 0.388 e. The molecule has 0 aromatic heterocycles. The molecular formula is C12H18O8. The van der Waals surface area contributed by atoms with E-state index in [0.29, 0.717) is 0 Å². The average molecular weight is 290 g/mol. The molecule has 0 amide bonds. The van der Waals surface area contributed by atoms with E-state index in [1.807, 2.05) is 0 Å². The fourth-order valence-electron chi connectivity index (χ4n) is 2.09. The molecule has 0 saturated carbocycles. The van der Waals surface area contributed by atoms with Crippen LogP contribution in [-0.2, 0) is 19.2 Å². The minimum atomic E-state index is -2.55. The Labute approximate surface area is 115 Å². The lowest BCUT2D eigenvalue weighted by molar-refractivity contribution is -0.170. The van der Waals surface area contributed by atoms with E-state index in [9.17, 15) is 34.5 Å². The van der Waals surface area contributed by atoms with Crippen molar-refractivity contribution in [1.29, 1.82) is 0 Å². The standard InChI is InChI=1S/C12H18O8/c1-5(14)12(6(2)15,7(3)16)11(20)10(19)9(18)8(17)4-13/h4,8-11,17-20H,1-3H3/t8-,9-,10+,11+/m0/s1. The molecule has 0 aliphatic heterocycles. The van der Waals surface area contributed by atoms with Gasteiger partial charge in [0.15, 0.2) is 29.1 Å². The molecule has 0 radical (unpaired) electrons. The third-order valence-corrected chi connectivity index (χ3v) is 3.27. The third kappa shape index (κ3) is 2.98. The van der Waals surface area contributed by atoms with Crippen LogP contribution in [0.5, 0.6) is 0 Å². The van der Waals surface area contributed by atoms with Crippen LogP contribution in [0.3, 0.4) is 0 Å². The van der Waals surface area contributed by atoms with Crippen molar-refractivity contribution in [3.63, 3.8) is 0 Å². The van der Waals surface area contributed by atoms with E-state index in [0.717, 1.165) is 20.8 Å². The molecule has 0 saturated heterocycles. The van der Waals surface area contributed by atoms with Crippen molar-refractivity contribution in [2.45, 2.75) is 45.2 Å². The molecule has 114 valence electrons. The predicted octanol–water partition coefficient (Wildman–Crippen LogP) is -2.62. The fraction of sp³-hybridized carbons (Fsp3) is 0.667. The maximum absolute atomic E-state index is 11.6. The van der Waals surface area contributed by atoms with Gasteiger partial charge in [-0.25, -0.2) is 0 Å². The molecule has 0 fully saturated rings. The molecule has 0 heterocycles. The number of rotatable bonds is 8. The molecule has 0 spiro atoms. The van der Waals surface area contributed by atoms with Crippen molar-refractivity contribution in [1.82, 2.24) is 0 Å². The van der Waals surface area contributed by atoms with Crippen LogP contribution in [0.15, 0.2) is 0 Å². The lowest BCUT2D eigenvalue weighted by Crippen LogP contribution is -2.60. The van der Waals surface area contributed by atoms with E-state index in [1.165, 1.54) is 0 Å². The predicted molar refractivity (Wildman–Crippen MR) is 64.6 cm³/mol. The van der Waals surface area contributed by atoms with Crippen LogP contribution in [0.1, 0.15) is 20.8 Å². The van der Waals surface area contributed by atoms with Gasteiger partial charge in [0.2, 0.25) is 0 Å². The van der Waals surface area contributed by atoms with Crippen molar-refractivity contribution in [3.8, 4) is 0 Å². The number of Topliss-reactive ketones (excluding diaryl/α,β-unsaturated/α-hetero) is 3. The SMILES string of the molecule is CC(=O)C(C(C)=O)(C(C)=O)[C@H](O)[C@H](O)[C@@H](O)[C@@H](O)C=O. The summed E-state index contributed by atoms with van der Waals surface area (Å²) in [6.07, 6.45) is -8.83. The molecule has 0 rings (SSSR count). The van der Waals surface area contributed by atoms with E-state index in [1.54, 1.807) is 0 Å². The smallest absolute Gasteiger partial charge is 0.173 e. The molecule has 0 aliphatic rings. The minimum Gasteiger partial charge on any atom is -0.388 e. The van der Waals surface area contributed by atoms with Crippen LogP contribution in [0, 0.1) is 5.41 Å². The van der Waals surface area contributed by atoms with Gasteiger partial charge in [0.05, 0.1) is 0 Å². The first-order valence-electron chi connectivity index (χ1n) is 5.75. The number of carbonyl (C=O) groups is 4. The van der Waals surface area contributed by atoms with Crippen LogP contribution in [0.4, 0.5) is 0 Å². The van der Waals surface area contributed by atoms with Gasteiger partial charge in [-0.05, 0) is 20.8 Å². The van der Waals surface area contributed by atoms with E-state index < -0.39 is 47.2 Å². The van der Waals surface area contributed by atoms with Crippen LogP contribution in [-0.4, -0.2) is 68.5 Å². The van der Waals surface area contributed by atoms with Gasteiger partial charge in [-0.3, -0.25) is 14.4 Å². The third-order valence-electron chi connectivity index (χ3n) is 3.27. The number of carbonyl (C=O) groups excluding carboxylic acids is 4. The minimum absolute atomic E-state index is 0.0996. The quantitative estimate of drug-likeness (QED) is 0.280. The highest BCUT2D eigenvalue weighted by Gasteiger charge is 2.55. The lowest BCUT2D eigenvalue weighted by Gasteiger charge is -2.35. The monoisotopic (exact) mass is 290 g/mol. The van der Waals surface area contributed by atoms with Gasteiger partial charge in [0.25, 0.3) is 0 Å². The maximum Gasteiger partial charge on any atom is 0.173 e. The first kappa shape index (κ1) is 18.5. The Kier molecular flexibility index (Phi) is 6.30. The number of aliphatic hydroxyl groups is 4. The van der Waals surface area contributed by atoms with Crippen LogP contribution in [0.2, 0.25) is 0 Å². The van der Waals surface area contributed by atoms with Gasteiger partial charge in [-0.2, -0.15) is 0 Å². The lowest BCUT2D eigenvalue weighted by atomic mass is 9.69. The first-order chi connectivity index (χ1) is 9.04. The van der Waals surface area contributed by atoms with Gasteiger partial charge >= 0.3 is 0 Å². The van der Waals surface area contributed by atoms with E-state index in [4.69, 9.17) is 5.11 Å². The van der Waals surface area contributed by atoms with Gasteiger partial charge < -0.3 is 25.2 Å². The van der Waals surface area contributed by atoms with Crippen molar-refractivity contribution in [2.24, 2.45) is 5.41 Å². The summed E-state index contributed by atoms with van der Waals surface area (Å²) >= 11 is 0. The maximum atomic E-state index is 11.6. The zero-order chi connectivity index (χ0) is 16.2. The molecule has 0 bridgehead atoms. The molecule has 8 heteroatoms. The molecule has 4 N–H and O–H groups in total. The van der Waals surface area contributed by atoms with Crippen LogP contribution >= 0.6 is 0 Å². The topological polar surface area (TPSA) is 149 Å². The average Bonchev–Trinajstić information content (AvgIpc) is 2.35. The second-order valence-electron chi connectivity index (χ2n) is 4.53. The summed E-state index contributed by atoms with van der Waals surface area (Å²) in [5, 5.41) is 38.2. The summed E-state index contributed by atoms with van der Waals surface area (Å²) in [5.41, 5.74) is -2.55. The van der Waals surface area contributed by atoms with Gasteiger partial charge in [-0.15, -0.1) is 0 Å². The highest BCUT2D eigenvalue weighted by molar-refractivity contribution is 6.23. The van der Waals surface area contributed by atoms with Gasteiger partial charge in [-0.1, -0.05) is 0 Å². The summed E-state index contributed by atoms with van der Waals surface area (Å²) in [6.45, 7) is 2.63. The molecule has 0 aliphatic carbocycles. The van der Waals surface area contributed by atoms with E-state index >= 15 is 0 Å². The van der Waals surface area contributed by atoms with E-state index in [2.05, 4.69) is 0 Å². The molecular weight excluding hydrogens is 272 g/mol. The number of hydrogen-bond donors (Lipinski definition) is 4. The zero-order valence-corrected chi connectivity index (χ0v) is 11.3. The Balaban J connectivity index is 5.73. The molecule has 0 aromatic carbocycles. The zero-order valence-electron chi connectivity index (χ0n) is 11.3. The first-order valence-corrected chi connectivity index (χ1v) is 5.75. The number of hydrogen-bond acceptors (Lipinski definition) is 8. The molecule has 0 unspecified atom stereocenters. The Hall–Kier alpha value is -1.48. The van der Waals surface area contributed by atoms with Crippen LogP contribution in [0.25, 0.3) is 0 Å². The normalized spacial score (nSPS) is 17.8. The summed E-state index contributed by atoms with van der Waals surface area (Å²) in [7, 11) is 0. The molecule has 4 atom stereocenters.